The summed E-state index contributed by atoms with van der Waals surface area (Å²) in [6.45, 7) is 2.09. The van der Waals surface area contributed by atoms with Crippen LogP contribution in [0.25, 0.3) is 0 Å². The van der Waals surface area contributed by atoms with Gasteiger partial charge < -0.3 is 0 Å². The van der Waals surface area contributed by atoms with Gasteiger partial charge in [0.05, 0.1) is 0 Å². The maximum atomic E-state index is 5.97. The van der Waals surface area contributed by atoms with Crippen molar-refractivity contribution in [2.75, 3.05) is 0 Å². The summed E-state index contributed by atoms with van der Waals surface area (Å²) in [7, 11) is 0. The summed E-state index contributed by atoms with van der Waals surface area (Å²) in [5, 5.41) is 1.43. The van der Waals surface area contributed by atoms with Gasteiger partial charge in [-0.3, -0.25) is 0 Å². The molecule has 1 rings (SSSR count). The first-order valence-corrected chi connectivity index (χ1v) is 5.34. The summed E-state index contributed by atoms with van der Waals surface area (Å²) < 4.78 is 0. The molecule has 12 heavy (non-hydrogen) atoms. The van der Waals surface area contributed by atoms with Crippen molar-refractivity contribution in [3.63, 3.8) is 0 Å². The Labute approximate surface area is 91.0 Å². The van der Waals surface area contributed by atoms with Gasteiger partial charge in [-0.25, -0.2) is 0 Å². The van der Waals surface area contributed by atoms with Crippen molar-refractivity contribution >= 4 is 39.1 Å². The largest absolute Gasteiger partial charge is 0.0890 e. The molecule has 0 saturated carbocycles. The Morgan fingerprint density at radius 2 is 2.08 bits per heavy atom. The molecule has 0 nitrogen and oxygen atoms in total. The quantitative estimate of drug-likeness (QED) is 0.700. The molecule has 3 heteroatoms. The lowest BCUT2D eigenvalue weighted by atomic mass is 10.1. The highest BCUT2D eigenvalue weighted by atomic mass is 79.9. The van der Waals surface area contributed by atoms with E-state index in [1.807, 2.05) is 12.1 Å². The highest BCUT2D eigenvalue weighted by Crippen LogP contribution is 2.23. The number of benzene rings is 1. The summed E-state index contributed by atoms with van der Waals surface area (Å²) in [6.07, 6.45) is 0.927. The Morgan fingerprint density at radius 1 is 1.42 bits per heavy atom. The number of halogens is 3. The van der Waals surface area contributed by atoms with E-state index in [0.717, 1.165) is 17.0 Å². The van der Waals surface area contributed by atoms with Gasteiger partial charge in [-0.2, -0.15) is 0 Å². The molecule has 0 saturated heterocycles. The van der Waals surface area contributed by atoms with Gasteiger partial charge >= 0.3 is 0 Å². The van der Waals surface area contributed by atoms with Crippen molar-refractivity contribution in [3.8, 4) is 0 Å². The van der Waals surface area contributed by atoms with Gasteiger partial charge in [0, 0.05) is 14.9 Å². The molecule has 66 valence electrons. The molecule has 1 aromatic carbocycles. The monoisotopic (exact) mass is 266 g/mol. The van der Waals surface area contributed by atoms with E-state index in [9.17, 15) is 0 Å². The molecule has 0 aliphatic rings. The maximum absolute atomic E-state index is 5.97. The van der Waals surface area contributed by atoms with Crippen LogP contribution in [0.3, 0.4) is 0 Å². The molecule has 1 atom stereocenters. The van der Waals surface area contributed by atoms with Crippen molar-refractivity contribution in [2.45, 2.75) is 18.2 Å². The number of alkyl halides is 1. The molecule has 0 N–H and O–H groups in total. The summed E-state index contributed by atoms with van der Waals surface area (Å²) in [6, 6.07) is 5.59. The van der Waals surface area contributed by atoms with Gasteiger partial charge in [-0.15, -0.1) is 0 Å². The molecule has 0 spiro atoms. The van der Waals surface area contributed by atoms with Crippen molar-refractivity contribution in [2.24, 2.45) is 0 Å². The fourth-order valence-corrected chi connectivity index (χ4v) is 1.82. The lowest BCUT2D eigenvalue weighted by Gasteiger charge is -2.05. The molecule has 0 fully saturated rings. The minimum Gasteiger partial charge on any atom is -0.0890 e. The van der Waals surface area contributed by atoms with Crippen molar-refractivity contribution in [3.05, 3.63) is 33.8 Å². The zero-order valence-corrected chi connectivity index (χ0v) is 9.75. The second kappa shape index (κ2) is 4.50. The summed E-state index contributed by atoms with van der Waals surface area (Å²) in [4.78, 5) is 0.441. The van der Waals surface area contributed by atoms with Gasteiger partial charge in [-0.05, 0) is 24.1 Å². The third-order valence-electron chi connectivity index (χ3n) is 1.52. The molecule has 1 aromatic rings. The number of rotatable bonds is 2. The second-order valence-electron chi connectivity index (χ2n) is 2.72. The Morgan fingerprint density at radius 3 is 2.58 bits per heavy atom. The molecule has 1 unspecified atom stereocenters. The molecule has 0 aliphatic heterocycles. The van der Waals surface area contributed by atoms with E-state index in [4.69, 9.17) is 23.2 Å². The van der Waals surface area contributed by atoms with Crippen LogP contribution in [0, 0.1) is 0 Å². The highest BCUT2D eigenvalue weighted by molar-refractivity contribution is 9.09. The number of hydrogen-bond acceptors (Lipinski definition) is 0. The Balaban J connectivity index is 2.86. The minimum atomic E-state index is 0.441. The molecule has 0 radical (unpaired) electrons. The topological polar surface area (TPSA) is 0 Å². The van der Waals surface area contributed by atoms with Crippen LogP contribution >= 0.6 is 39.1 Å². The Kier molecular flexibility index (Phi) is 3.88. The van der Waals surface area contributed by atoms with Crippen LogP contribution in [-0.4, -0.2) is 4.83 Å². The molecule has 0 heterocycles. The van der Waals surface area contributed by atoms with Crippen LogP contribution in [0.15, 0.2) is 18.2 Å². The summed E-state index contributed by atoms with van der Waals surface area (Å²) in [5.41, 5.74) is 1.13. The van der Waals surface area contributed by atoms with Crippen LogP contribution in [0.5, 0.6) is 0 Å². The van der Waals surface area contributed by atoms with Crippen molar-refractivity contribution in [1.82, 2.24) is 0 Å². The zero-order chi connectivity index (χ0) is 9.14. The first-order chi connectivity index (χ1) is 5.59. The van der Waals surface area contributed by atoms with Gasteiger partial charge in [0.15, 0.2) is 0 Å². The maximum Gasteiger partial charge on any atom is 0.0453 e. The lowest BCUT2D eigenvalue weighted by Crippen LogP contribution is -1.96. The van der Waals surface area contributed by atoms with E-state index in [2.05, 4.69) is 22.9 Å². The van der Waals surface area contributed by atoms with E-state index in [1.165, 1.54) is 0 Å². The van der Waals surface area contributed by atoms with Crippen molar-refractivity contribution < 1.29 is 0 Å². The normalized spacial score (nSPS) is 13.0. The SMILES string of the molecule is CC(Br)Cc1ccc(Cl)cc1Cl. The number of hydrogen-bond donors (Lipinski definition) is 0. The standard InChI is InChI=1S/C9H9BrCl2/c1-6(10)4-7-2-3-8(11)5-9(7)12/h2-3,5-6H,4H2,1H3. The Bertz CT molecular complexity index is 271. The second-order valence-corrected chi connectivity index (χ2v) is 5.13. The first-order valence-electron chi connectivity index (χ1n) is 3.67. The molecule has 0 amide bonds. The van der Waals surface area contributed by atoms with Gasteiger partial charge in [0.1, 0.15) is 0 Å². The highest BCUT2D eigenvalue weighted by Gasteiger charge is 2.03. The molecule has 0 bridgehead atoms. The third kappa shape index (κ3) is 2.96. The molecular formula is C9H9BrCl2. The van der Waals surface area contributed by atoms with E-state index in [0.29, 0.717) is 9.85 Å². The van der Waals surface area contributed by atoms with E-state index in [1.54, 1.807) is 6.07 Å². The minimum absolute atomic E-state index is 0.441. The smallest absolute Gasteiger partial charge is 0.0453 e. The lowest BCUT2D eigenvalue weighted by molar-refractivity contribution is 0.960. The van der Waals surface area contributed by atoms with E-state index < -0.39 is 0 Å². The van der Waals surface area contributed by atoms with Crippen LogP contribution in [-0.2, 0) is 6.42 Å². The van der Waals surface area contributed by atoms with Crippen LogP contribution < -0.4 is 0 Å². The molecule has 0 aromatic heterocycles. The zero-order valence-electron chi connectivity index (χ0n) is 6.65. The van der Waals surface area contributed by atoms with Gasteiger partial charge in [-0.1, -0.05) is 52.1 Å². The molecular weight excluding hydrogens is 259 g/mol. The predicted molar refractivity (Wildman–Crippen MR) is 58.6 cm³/mol. The average molecular weight is 268 g/mol. The van der Waals surface area contributed by atoms with Crippen molar-refractivity contribution in [1.29, 1.82) is 0 Å². The van der Waals surface area contributed by atoms with Gasteiger partial charge in [0.25, 0.3) is 0 Å². The van der Waals surface area contributed by atoms with Crippen LogP contribution in [0.2, 0.25) is 10.0 Å². The van der Waals surface area contributed by atoms with Gasteiger partial charge in [0.2, 0.25) is 0 Å². The summed E-state index contributed by atoms with van der Waals surface area (Å²) in [5.74, 6) is 0. The van der Waals surface area contributed by atoms with E-state index >= 15 is 0 Å². The van der Waals surface area contributed by atoms with E-state index in [-0.39, 0.29) is 0 Å². The summed E-state index contributed by atoms with van der Waals surface area (Å²) >= 11 is 15.2. The average Bonchev–Trinajstić information content (AvgIpc) is 1.94. The fourth-order valence-electron chi connectivity index (χ4n) is 0.990. The third-order valence-corrected chi connectivity index (χ3v) is 2.43. The van der Waals surface area contributed by atoms with Crippen LogP contribution in [0.4, 0.5) is 0 Å². The molecule has 0 aliphatic carbocycles. The first kappa shape index (κ1) is 10.4. The Hall–Kier alpha value is 0.280. The van der Waals surface area contributed by atoms with Crippen LogP contribution in [0.1, 0.15) is 12.5 Å². The predicted octanol–water partition coefficient (Wildman–Crippen LogP) is 4.32. The fraction of sp³-hybridized carbons (Fsp3) is 0.333.